The molecule has 2 nitrogen and oxygen atoms in total. The van der Waals surface area contributed by atoms with Gasteiger partial charge in [0.05, 0.1) is 0 Å². The Hall–Kier alpha value is -0.860. The Kier molecular flexibility index (Phi) is 5.00. The second kappa shape index (κ2) is 6.53. The van der Waals surface area contributed by atoms with Crippen LogP contribution in [0.5, 0.6) is 0 Å². The van der Waals surface area contributed by atoms with Gasteiger partial charge < -0.3 is 10.2 Å². The van der Waals surface area contributed by atoms with E-state index in [0.717, 1.165) is 13.1 Å². The van der Waals surface area contributed by atoms with Crippen molar-refractivity contribution < 1.29 is 0 Å². The SMILES string of the molecule is Cc1ccc(C)c(C(CN2CCNCC2)C(C)C)c1. The maximum atomic E-state index is 3.44. The van der Waals surface area contributed by atoms with E-state index in [1.165, 1.54) is 30.8 Å². The van der Waals surface area contributed by atoms with E-state index in [4.69, 9.17) is 0 Å². The highest BCUT2D eigenvalue weighted by Gasteiger charge is 2.22. The normalized spacial score (nSPS) is 18.8. The minimum Gasteiger partial charge on any atom is -0.314 e. The van der Waals surface area contributed by atoms with Crippen LogP contribution in [0, 0.1) is 19.8 Å². The van der Waals surface area contributed by atoms with E-state index < -0.39 is 0 Å². The van der Waals surface area contributed by atoms with Crippen molar-refractivity contribution in [1.82, 2.24) is 10.2 Å². The molecule has 1 heterocycles. The predicted molar refractivity (Wildman–Crippen MR) is 82.8 cm³/mol. The Morgan fingerprint density at radius 3 is 2.47 bits per heavy atom. The van der Waals surface area contributed by atoms with Gasteiger partial charge in [0.25, 0.3) is 0 Å². The summed E-state index contributed by atoms with van der Waals surface area (Å²) >= 11 is 0. The molecule has 0 amide bonds. The molecule has 0 radical (unpaired) electrons. The summed E-state index contributed by atoms with van der Waals surface area (Å²) in [5, 5.41) is 3.44. The summed E-state index contributed by atoms with van der Waals surface area (Å²) in [5.74, 6) is 1.34. The minimum atomic E-state index is 0.651. The molecule has 106 valence electrons. The summed E-state index contributed by atoms with van der Waals surface area (Å²) in [6, 6.07) is 6.89. The van der Waals surface area contributed by atoms with Crippen molar-refractivity contribution in [2.24, 2.45) is 5.92 Å². The molecular formula is C17H28N2. The van der Waals surface area contributed by atoms with Gasteiger partial charge in [0.1, 0.15) is 0 Å². The highest BCUT2D eigenvalue weighted by atomic mass is 15.2. The van der Waals surface area contributed by atoms with E-state index in [-0.39, 0.29) is 0 Å². The lowest BCUT2D eigenvalue weighted by Gasteiger charge is -2.33. The lowest BCUT2D eigenvalue weighted by atomic mass is 9.84. The predicted octanol–water partition coefficient (Wildman–Crippen LogP) is 2.95. The third-order valence-electron chi connectivity index (χ3n) is 4.30. The molecule has 1 unspecified atom stereocenters. The van der Waals surface area contributed by atoms with E-state index in [1.807, 2.05) is 0 Å². The standard InChI is InChI=1S/C17H28N2/c1-13(2)17(12-19-9-7-18-8-10-19)16-11-14(3)5-6-15(16)4/h5-6,11,13,17-18H,7-10,12H2,1-4H3. The zero-order chi connectivity index (χ0) is 13.8. The Bertz CT molecular complexity index is 406. The fraction of sp³-hybridized carbons (Fsp3) is 0.647. The van der Waals surface area contributed by atoms with Gasteiger partial charge in [0, 0.05) is 32.7 Å². The Balaban J connectivity index is 2.16. The molecule has 19 heavy (non-hydrogen) atoms. The van der Waals surface area contributed by atoms with Gasteiger partial charge in [0.2, 0.25) is 0 Å². The molecule has 1 aromatic rings. The second-order valence-corrected chi connectivity index (χ2v) is 6.26. The number of benzene rings is 1. The largest absolute Gasteiger partial charge is 0.314 e. The molecule has 1 N–H and O–H groups in total. The fourth-order valence-corrected chi connectivity index (χ4v) is 3.00. The highest BCUT2D eigenvalue weighted by molar-refractivity contribution is 5.34. The summed E-state index contributed by atoms with van der Waals surface area (Å²) < 4.78 is 0. The van der Waals surface area contributed by atoms with Gasteiger partial charge in [0.15, 0.2) is 0 Å². The van der Waals surface area contributed by atoms with Crippen LogP contribution in [0.4, 0.5) is 0 Å². The topological polar surface area (TPSA) is 15.3 Å². The molecule has 0 bridgehead atoms. The van der Waals surface area contributed by atoms with E-state index in [0.29, 0.717) is 11.8 Å². The third-order valence-corrected chi connectivity index (χ3v) is 4.30. The first kappa shape index (κ1) is 14.5. The van der Waals surface area contributed by atoms with E-state index >= 15 is 0 Å². The molecule has 1 aliphatic heterocycles. The van der Waals surface area contributed by atoms with E-state index in [2.05, 4.69) is 56.1 Å². The van der Waals surface area contributed by atoms with Crippen molar-refractivity contribution in [2.75, 3.05) is 32.7 Å². The first-order chi connectivity index (χ1) is 9.08. The lowest BCUT2D eigenvalue weighted by Crippen LogP contribution is -2.45. The van der Waals surface area contributed by atoms with Gasteiger partial charge in [-0.15, -0.1) is 0 Å². The van der Waals surface area contributed by atoms with E-state index in [1.54, 1.807) is 5.56 Å². The Morgan fingerprint density at radius 1 is 1.16 bits per heavy atom. The monoisotopic (exact) mass is 260 g/mol. The van der Waals surface area contributed by atoms with Crippen LogP contribution in [0.15, 0.2) is 18.2 Å². The number of aryl methyl sites for hydroxylation is 2. The van der Waals surface area contributed by atoms with Crippen LogP contribution < -0.4 is 5.32 Å². The van der Waals surface area contributed by atoms with E-state index in [9.17, 15) is 0 Å². The van der Waals surface area contributed by atoms with Crippen LogP contribution in [-0.4, -0.2) is 37.6 Å². The molecule has 0 aliphatic carbocycles. The van der Waals surface area contributed by atoms with Crippen LogP contribution in [-0.2, 0) is 0 Å². The number of nitrogens with zero attached hydrogens (tertiary/aromatic N) is 1. The first-order valence-corrected chi connectivity index (χ1v) is 7.58. The van der Waals surface area contributed by atoms with Gasteiger partial charge in [-0.2, -0.15) is 0 Å². The zero-order valence-electron chi connectivity index (χ0n) is 12.9. The van der Waals surface area contributed by atoms with Gasteiger partial charge >= 0.3 is 0 Å². The molecule has 1 saturated heterocycles. The molecular weight excluding hydrogens is 232 g/mol. The average Bonchev–Trinajstić information content (AvgIpc) is 2.40. The molecule has 1 aliphatic rings. The molecule has 1 aromatic carbocycles. The lowest BCUT2D eigenvalue weighted by molar-refractivity contribution is 0.211. The summed E-state index contributed by atoms with van der Waals surface area (Å²) in [6.45, 7) is 15.0. The number of hydrogen-bond donors (Lipinski definition) is 1. The average molecular weight is 260 g/mol. The van der Waals surface area contributed by atoms with Crippen LogP contribution in [0.2, 0.25) is 0 Å². The fourth-order valence-electron chi connectivity index (χ4n) is 3.00. The van der Waals surface area contributed by atoms with Crippen molar-refractivity contribution in [2.45, 2.75) is 33.6 Å². The maximum absolute atomic E-state index is 3.44. The molecule has 0 aromatic heterocycles. The smallest absolute Gasteiger partial charge is 0.0108 e. The summed E-state index contributed by atoms with van der Waals surface area (Å²) in [4.78, 5) is 2.61. The minimum absolute atomic E-state index is 0.651. The third kappa shape index (κ3) is 3.80. The molecule has 1 fully saturated rings. The van der Waals surface area contributed by atoms with Crippen molar-refractivity contribution in [1.29, 1.82) is 0 Å². The second-order valence-electron chi connectivity index (χ2n) is 6.26. The van der Waals surface area contributed by atoms with Gasteiger partial charge in [-0.25, -0.2) is 0 Å². The Morgan fingerprint density at radius 2 is 1.84 bits per heavy atom. The summed E-state index contributed by atoms with van der Waals surface area (Å²) in [7, 11) is 0. The molecule has 2 rings (SSSR count). The van der Waals surface area contributed by atoms with Gasteiger partial charge in [-0.1, -0.05) is 37.6 Å². The zero-order valence-corrected chi connectivity index (χ0v) is 12.9. The molecule has 0 saturated carbocycles. The van der Waals surface area contributed by atoms with Gasteiger partial charge in [-0.05, 0) is 36.8 Å². The quantitative estimate of drug-likeness (QED) is 0.895. The first-order valence-electron chi connectivity index (χ1n) is 7.58. The summed E-state index contributed by atoms with van der Waals surface area (Å²) in [6.07, 6.45) is 0. The summed E-state index contributed by atoms with van der Waals surface area (Å²) in [5.41, 5.74) is 4.37. The maximum Gasteiger partial charge on any atom is 0.0108 e. The van der Waals surface area contributed by atoms with Crippen molar-refractivity contribution in [3.63, 3.8) is 0 Å². The van der Waals surface area contributed by atoms with Crippen LogP contribution >= 0.6 is 0 Å². The number of hydrogen-bond acceptors (Lipinski definition) is 2. The number of rotatable bonds is 4. The molecule has 1 atom stereocenters. The van der Waals surface area contributed by atoms with Crippen LogP contribution in [0.3, 0.4) is 0 Å². The molecule has 2 heteroatoms. The number of piperazine rings is 1. The Labute approximate surface area is 118 Å². The molecule has 0 spiro atoms. The van der Waals surface area contributed by atoms with Crippen LogP contribution in [0.1, 0.15) is 36.5 Å². The van der Waals surface area contributed by atoms with Crippen molar-refractivity contribution in [3.05, 3.63) is 34.9 Å². The van der Waals surface area contributed by atoms with Crippen molar-refractivity contribution in [3.8, 4) is 0 Å². The van der Waals surface area contributed by atoms with Crippen molar-refractivity contribution >= 4 is 0 Å². The van der Waals surface area contributed by atoms with Gasteiger partial charge in [-0.3, -0.25) is 0 Å². The van der Waals surface area contributed by atoms with Crippen LogP contribution in [0.25, 0.3) is 0 Å². The number of nitrogens with one attached hydrogen (secondary N) is 1. The highest BCUT2D eigenvalue weighted by Crippen LogP contribution is 2.29.